The Labute approximate surface area is 153 Å². The molecule has 0 unspecified atom stereocenters. The van der Waals surface area contributed by atoms with Crippen LogP contribution in [0.15, 0.2) is 36.5 Å². The molecule has 0 fully saturated rings. The highest BCUT2D eigenvalue weighted by Crippen LogP contribution is 2.27. The van der Waals surface area contributed by atoms with Gasteiger partial charge in [0.05, 0.1) is 16.6 Å². The lowest BCUT2D eigenvalue weighted by molar-refractivity contribution is -0.274. The molecule has 2 aromatic heterocycles. The molecule has 0 saturated heterocycles. The third-order valence-electron chi connectivity index (χ3n) is 3.31. The Kier molecular flexibility index (Phi) is 4.54. The fourth-order valence-electron chi connectivity index (χ4n) is 2.29. The number of fused-ring (bicyclic) bond motifs is 1. The number of aromatic nitrogens is 3. The largest absolute Gasteiger partial charge is 0.573 e. The molecule has 0 aliphatic heterocycles. The summed E-state index contributed by atoms with van der Waals surface area (Å²) in [5, 5.41) is 7.46. The van der Waals surface area contributed by atoms with Gasteiger partial charge in [0.1, 0.15) is 9.45 Å². The second-order valence-electron chi connectivity index (χ2n) is 4.88. The molecular formula is C15H10F3IN4O2. The Balaban J connectivity index is 2.06. The third kappa shape index (κ3) is 3.52. The van der Waals surface area contributed by atoms with Crippen molar-refractivity contribution in [2.75, 3.05) is 7.05 Å². The van der Waals surface area contributed by atoms with Crippen LogP contribution >= 0.6 is 22.6 Å². The van der Waals surface area contributed by atoms with E-state index in [2.05, 4.69) is 20.1 Å². The van der Waals surface area contributed by atoms with Gasteiger partial charge in [0.25, 0.3) is 5.91 Å². The molecule has 2 heterocycles. The first-order chi connectivity index (χ1) is 11.8. The highest BCUT2D eigenvalue weighted by Gasteiger charge is 2.31. The second-order valence-corrected chi connectivity index (χ2v) is 5.90. The summed E-state index contributed by atoms with van der Waals surface area (Å²) in [6, 6.07) is 6.81. The van der Waals surface area contributed by atoms with Crippen molar-refractivity contribution in [2.45, 2.75) is 6.36 Å². The van der Waals surface area contributed by atoms with Gasteiger partial charge in [-0.1, -0.05) is 0 Å². The molecule has 25 heavy (non-hydrogen) atoms. The smallest absolute Gasteiger partial charge is 0.406 e. The van der Waals surface area contributed by atoms with Crippen molar-refractivity contribution in [3.63, 3.8) is 0 Å². The van der Waals surface area contributed by atoms with E-state index < -0.39 is 6.36 Å². The fraction of sp³-hybridized carbons (Fsp3) is 0.133. The predicted molar refractivity (Wildman–Crippen MR) is 91.7 cm³/mol. The molecule has 1 amide bonds. The lowest BCUT2D eigenvalue weighted by Crippen LogP contribution is -2.18. The number of nitrogens with zero attached hydrogens (tertiary/aromatic N) is 3. The van der Waals surface area contributed by atoms with Crippen molar-refractivity contribution in [3.8, 4) is 11.4 Å². The van der Waals surface area contributed by atoms with Crippen molar-refractivity contribution in [3.05, 3.63) is 45.8 Å². The van der Waals surface area contributed by atoms with Crippen molar-refractivity contribution < 1.29 is 22.7 Å². The summed E-state index contributed by atoms with van der Waals surface area (Å²) in [5.41, 5.74) is 1.33. The Morgan fingerprint density at radius 3 is 2.52 bits per heavy atom. The number of benzene rings is 1. The summed E-state index contributed by atoms with van der Waals surface area (Å²) in [7, 11) is 1.52. The van der Waals surface area contributed by atoms with Crippen molar-refractivity contribution in [1.29, 1.82) is 0 Å². The zero-order valence-electron chi connectivity index (χ0n) is 12.6. The number of hydrogen-bond acceptors (Lipinski definition) is 4. The van der Waals surface area contributed by atoms with Crippen LogP contribution < -0.4 is 10.1 Å². The van der Waals surface area contributed by atoms with E-state index in [-0.39, 0.29) is 11.7 Å². The number of carbonyl (C=O) groups is 1. The molecule has 0 radical (unpaired) electrons. The molecule has 0 spiro atoms. The van der Waals surface area contributed by atoms with E-state index in [0.29, 0.717) is 26.0 Å². The van der Waals surface area contributed by atoms with E-state index in [4.69, 9.17) is 0 Å². The molecule has 3 aromatic rings. The van der Waals surface area contributed by atoms with Gasteiger partial charge in [0.2, 0.25) is 0 Å². The lowest BCUT2D eigenvalue weighted by Gasteiger charge is -2.09. The van der Waals surface area contributed by atoms with E-state index in [9.17, 15) is 18.0 Å². The van der Waals surface area contributed by atoms with Gasteiger partial charge in [0.15, 0.2) is 5.65 Å². The number of amides is 1. The lowest BCUT2D eigenvalue weighted by atomic mass is 10.2. The van der Waals surface area contributed by atoms with E-state index in [0.717, 1.165) is 0 Å². The van der Waals surface area contributed by atoms with Gasteiger partial charge in [-0.25, -0.2) is 9.67 Å². The molecule has 1 N–H and O–H groups in total. The number of hydrogen-bond donors (Lipinski definition) is 1. The molecular weight excluding hydrogens is 452 g/mol. The van der Waals surface area contributed by atoms with Crippen LogP contribution in [0.1, 0.15) is 10.4 Å². The van der Waals surface area contributed by atoms with E-state index >= 15 is 0 Å². The van der Waals surface area contributed by atoms with E-state index in [1.165, 1.54) is 42.2 Å². The molecule has 1 aromatic carbocycles. The van der Waals surface area contributed by atoms with Gasteiger partial charge in [-0.3, -0.25) is 4.79 Å². The molecule has 3 rings (SSSR count). The average molecular weight is 462 g/mol. The van der Waals surface area contributed by atoms with Crippen LogP contribution in [0.2, 0.25) is 0 Å². The summed E-state index contributed by atoms with van der Waals surface area (Å²) >= 11 is 1.98. The normalized spacial score (nSPS) is 11.6. The highest BCUT2D eigenvalue weighted by molar-refractivity contribution is 14.1. The minimum Gasteiger partial charge on any atom is -0.406 e. The number of rotatable bonds is 3. The Morgan fingerprint density at radius 2 is 1.92 bits per heavy atom. The quantitative estimate of drug-likeness (QED) is 0.607. The molecule has 6 nitrogen and oxygen atoms in total. The number of pyridine rings is 1. The molecule has 10 heteroatoms. The minimum atomic E-state index is -4.75. The van der Waals surface area contributed by atoms with Crippen LogP contribution in [0, 0.1) is 3.70 Å². The zero-order valence-corrected chi connectivity index (χ0v) is 14.8. The number of nitrogens with one attached hydrogen (secondary N) is 1. The number of halogens is 4. The van der Waals surface area contributed by atoms with Crippen molar-refractivity contribution in [2.24, 2.45) is 0 Å². The summed E-state index contributed by atoms with van der Waals surface area (Å²) in [5.74, 6) is -0.611. The Hall–Kier alpha value is -2.37. The van der Waals surface area contributed by atoms with Gasteiger partial charge in [0, 0.05) is 13.2 Å². The van der Waals surface area contributed by atoms with Crippen LogP contribution in [-0.4, -0.2) is 34.1 Å². The summed E-state index contributed by atoms with van der Waals surface area (Å²) in [6.45, 7) is 0. The zero-order chi connectivity index (χ0) is 18.2. The van der Waals surface area contributed by atoms with Crippen LogP contribution in [0.3, 0.4) is 0 Å². The predicted octanol–water partition coefficient (Wildman–Crippen LogP) is 3.28. The van der Waals surface area contributed by atoms with Crippen LogP contribution in [0.5, 0.6) is 5.75 Å². The van der Waals surface area contributed by atoms with Gasteiger partial charge in [-0.2, -0.15) is 5.10 Å². The summed E-state index contributed by atoms with van der Waals surface area (Å²) in [6.07, 6.45) is -3.28. The SMILES string of the molecule is CNC(=O)c1ccnc2c1c(I)nn2-c1ccc(OC(F)(F)F)cc1. The maximum Gasteiger partial charge on any atom is 0.573 e. The monoisotopic (exact) mass is 462 g/mol. The first-order valence-electron chi connectivity index (χ1n) is 6.91. The summed E-state index contributed by atoms with van der Waals surface area (Å²) < 4.78 is 42.6. The Bertz CT molecular complexity index is 938. The number of ether oxygens (including phenoxy) is 1. The highest BCUT2D eigenvalue weighted by atomic mass is 127. The first-order valence-corrected chi connectivity index (χ1v) is 7.99. The second kappa shape index (κ2) is 6.50. The van der Waals surface area contributed by atoms with Crippen molar-refractivity contribution >= 4 is 39.5 Å². The van der Waals surface area contributed by atoms with E-state index in [1.54, 1.807) is 6.07 Å². The number of carbonyl (C=O) groups excluding carboxylic acids is 1. The summed E-state index contributed by atoms with van der Waals surface area (Å²) in [4.78, 5) is 16.2. The number of alkyl halides is 3. The van der Waals surface area contributed by atoms with Crippen LogP contribution in [0.4, 0.5) is 13.2 Å². The first kappa shape index (κ1) is 17.5. The third-order valence-corrected chi connectivity index (χ3v) is 4.07. The van der Waals surface area contributed by atoms with Gasteiger partial charge in [-0.05, 0) is 52.9 Å². The van der Waals surface area contributed by atoms with Crippen LogP contribution in [-0.2, 0) is 0 Å². The minimum absolute atomic E-state index is 0.279. The molecule has 130 valence electrons. The molecule has 0 saturated carbocycles. The van der Waals surface area contributed by atoms with E-state index in [1.807, 2.05) is 22.6 Å². The standard InChI is InChI=1S/C15H10F3IN4O2/c1-20-14(24)10-6-7-21-13-11(10)12(19)22-23(13)8-2-4-9(5-3-8)25-15(16,17)18/h2-7H,1H3,(H,20,24). The molecule has 0 aliphatic carbocycles. The fourth-order valence-corrected chi connectivity index (χ4v) is 3.04. The van der Waals surface area contributed by atoms with Gasteiger partial charge >= 0.3 is 6.36 Å². The molecule has 0 bridgehead atoms. The average Bonchev–Trinajstić information content (AvgIpc) is 2.90. The maximum atomic E-state index is 12.2. The Morgan fingerprint density at radius 1 is 1.24 bits per heavy atom. The molecule has 0 atom stereocenters. The van der Waals surface area contributed by atoms with Gasteiger partial charge in [-0.15, -0.1) is 13.2 Å². The van der Waals surface area contributed by atoms with Crippen molar-refractivity contribution in [1.82, 2.24) is 20.1 Å². The molecule has 0 aliphatic rings. The maximum absolute atomic E-state index is 12.2. The topological polar surface area (TPSA) is 69.0 Å². The van der Waals surface area contributed by atoms with Crippen LogP contribution in [0.25, 0.3) is 16.7 Å². The van der Waals surface area contributed by atoms with Gasteiger partial charge < -0.3 is 10.1 Å².